The summed E-state index contributed by atoms with van der Waals surface area (Å²) in [6, 6.07) is 17.5. The lowest BCUT2D eigenvalue weighted by atomic mass is 10.1. The van der Waals surface area contributed by atoms with E-state index in [-0.39, 0.29) is 11.5 Å². The summed E-state index contributed by atoms with van der Waals surface area (Å²) in [7, 11) is 1.74. The lowest BCUT2D eigenvalue weighted by Gasteiger charge is -2.35. The minimum atomic E-state index is -0.107. The van der Waals surface area contributed by atoms with Crippen molar-refractivity contribution >= 4 is 55.5 Å². The molecular weight excluding hydrogens is 418 g/mol. The summed E-state index contributed by atoms with van der Waals surface area (Å²) in [5.41, 5.74) is 1.85. The number of carbonyl (C=O) groups is 1. The zero-order valence-electron chi connectivity index (χ0n) is 16.5. The van der Waals surface area contributed by atoms with Crippen LogP contribution in [0.3, 0.4) is 0 Å². The predicted octanol–water partition coefficient (Wildman–Crippen LogP) is 4.37. The van der Waals surface area contributed by atoms with Crippen molar-refractivity contribution in [3.63, 3.8) is 0 Å². The second-order valence-electron chi connectivity index (χ2n) is 7.49. The number of rotatable bonds is 2. The molecule has 5 nitrogen and oxygen atoms in total. The number of carbonyl (C=O) groups excluding carboxylic acids is 1. The Morgan fingerprint density at radius 2 is 1.70 bits per heavy atom. The maximum Gasteiger partial charge on any atom is 0.264 e. The van der Waals surface area contributed by atoms with Gasteiger partial charge >= 0.3 is 0 Å². The number of aryl methyl sites for hydroxylation is 1. The second kappa shape index (κ2) is 7.45. The molecule has 5 rings (SSSR count). The highest BCUT2D eigenvalue weighted by atomic mass is 35.5. The molecule has 4 aromatic rings. The lowest BCUT2D eigenvalue weighted by molar-refractivity contribution is 0.0751. The van der Waals surface area contributed by atoms with Gasteiger partial charge in [0.15, 0.2) is 0 Å². The van der Waals surface area contributed by atoms with Crippen molar-refractivity contribution in [2.24, 2.45) is 7.05 Å². The fourth-order valence-electron chi connectivity index (χ4n) is 4.08. The molecule has 0 bridgehead atoms. The number of aromatic nitrogens is 1. The average molecular weight is 438 g/mol. The van der Waals surface area contributed by atoms with Crippen LogP contribution in [0.25, 0.3) is 21.0 Å². The molecule has 7 heteroatoms. The van der Waals surface area contributed by atoms with Gasteiger partial charge in [-0.2, -0.15) is 0 Å². The number of amides is 1. The number of nitrogens with zero attached hydrogens (tertiary/aromatic N) is 3. The molecule has 1 amide bonds. The molecule has 0 unspecified atom stereocenters. The van der Waals surface area contributed by atoms with Gasteiger partial charge in [-0.15, -0.1) is 11.3 Å². The van der Waals surface area contributed by atoms with Gasteiger partial charge in [0.1, 0.15) is 0 Å². The van der Waals surface area contributed by atoms with Gasteiger partial charge in [-0.25, -0.2) is 0 Å². The first-order valence-electron chi connectivity index (χ1n) is 9.84. The third-order valence-corrected chi connectivity index (χ3v) is 7.12. The fourth-order valence-corrected chi connectivity index (χ4v) is 5.40. The van der Waals surface area contributed by atoms with Crippen LogP contribution in [-0.2, 0) is 7.05 Å². The number of halogens is 1. The standard InChI is InChI=1S/C23H20ClN3O2S/c1-25-19-13-15(24)7-8-17(19)21-18(22(25)28)14-20(30-21)23(29)27-11-9-26(10-12-27)16-5-3-2-4-6-16/h2-8,13-14H,9-12H2,1H3. The molecule has 30 heavy (non-hydrogen) atoms. The van der Waals surface area contributed by atoms with Gasteiger partial charge in [0.25, 0.3) is 11.5 Å². The van der Waals surface area contributed by atoms with E-state index < -0.39 is 0 Å². The van der Waals surface area contributed by atoms with E-state index in [1.807, 2.05) is 35.2 Å². The van der Waals surface area contributed by atoms with Crippen LogP contribution in [0.4, 0.5) is 5.69 Å². The Morgan fingerprint density at radius 1 is 0.967 bits per heavy atom. The normalized spacial score (nSPS) is 14.6. The maximum atomic E-state index is 13.2. The van der Waals surface area contributed by atoms with Gasteiger partial charge in [-0.3, -0.25) is 9.59 Å². The Kier molecular flexibility index (Phi) is 4.76. The summed E-state index contributed by atoms with van der Waals surface area (Å²) in [6.07, 6.45) is 0. The SMILES string of the molecule is Cn1c(=O)c2cc(C(=O)N3CCN(c4ccccc4)CC3)sc2c2ccc(Cl)cc21. The van der Waals surface area contributed by atoms with E-state index in [0.29, 0.717) is 28.4 Å². The van der Waals surface area contributed by atoms with Crippen molar-refractivity contribution < 1.29 is 4.79 Å². The zero-order chi connectivity index (χ0) is 20.8. The number of pyridine rings is 1. The number of fused-ring (bicyclic) bond motifs is 3. The first-order valence-corrected chi connectivity index (χ1v) is 11.0. The van der Waals surface area contributed by atoms with Crippen LogP contribution in [0.2, 0.25) is 5.02 Å². The Bertz CT molecular complexity index is 1320. The molecule has 0 radical (unpaired) electrons. The van der Waals surface area contributed by atoms with Crippen molar-refractivity contribution in [2.75, 3.05) is 31.1 Å². The molecule has 0 atom stereocenters. The molecule has 3 heterocycles. The zero-order valence-corrected chi connectivity index (χ0v) is 18.0. The summed E-state index contributed by atoms with van der Waals surface area (Å²) in [4.78, 5) is 30.8. The van der Waals surface area contributed by atoms with Crippen molar-refractivity contribution in [1.82, 2.24) is 9.47 Å². The Morgan fingerprint density at radius 3 is 2.43 bits per heavy atom. The molecule has 1 aliphatic rings. The predicted molar refractivity (Wildman–Crippen MR) is 124 cm³/mol. The van der Waals surface area contributed by atoms with Crippen LogP contribution in [0.15, 0.2) is 59.4 Å². The lowest BCUT2D eigenvalue weighted by Crippen LogP contribution is -2.48. The molecule has 2 aromatic heterocycles. The molecule has 0 aliphatic carbocycles. The van der Waals surface area contributed by atoms with Crippen LogP contribution in [0, 0.1) is 0 Å². The topological polar surface area (TPSA) is 45.6 Å². The van der Waals surface area contributed by atoms with E-state index in [2.05, 4.69) is 17.0 Å². The molecule has 0 spiro atoms. The van der Waals surface area contributed by atoms with Crippen LogP contribution < -0.4 is 10.5 Å². The van der Waals surface area contributed by atoms with Crippen LogP contribution in [0.1, 0.15) is 9.67 Å². The van der Waals surface area contributed by atoms with Gasteiger partial charge in [-0.1, -0.05) is 29.8 Å². The third kappa shape index (κ3) is 3.16. The van der Waals surface area contributed by atoms with E-state index in [1.54, 1.807) is 23.7 Å². The second-order valence-corrected chi connectivity index (χ2v) is 8.98. The van der Waals surface area contributed by atoms with Gasteiger partial charge in [0.05, 0.1) is 15.8 Å². The summed E-state index contributed by atoms with van der Waals surface area (Å²) in [5.74, 6) is -0.00641. The smallest absolute Gasteiger partial charge is 0.264 e. The van der Waals surface area contributed by atoms with Crippen molar-refractivity contribution in [3.8, 4) is 0 Å². The monoisotopic (exact) mass is 437 g/mol. The minimum Gasteiger partial charge on any atom is -0.368 e. The molecule has 152 valence electrons. The molecular formula is C23H20ClN3O2S. The first kappa shape index (κ1) is 19.2. The molecule has 1 fully saturated rings. The van der Waals surface area contributed by atoms with Crippen LogP contribution >= 0.6 is 22.9 Å². The van der Waals surface area contributed by atoms with Gasteiger partial charge in [0.2, 0.25) is 0 Å². The average Bonchev–Trinajstić information content (AvgIpc) is 3.23. The van der Waals surface area contributed by atoms with E-state index in [9.17, 15) is 9.59 Å². The number of hydrogen-bond acceptors (Lipinski definition) is 4. The Labute approximate surface area is 182 Å². The number of thiophene rings is 1. The number of hydrogen-bond donors (Lipinski definition) is 0. The number of para-hydroxylation sites is 1. The maximum absolute atomic E-state index is 13.2. The molecule has 1 saturated heterocycles. The van der Waals surface area contributed by atoms with E-state index >= 15 is 0 Å². The first-order chi connectivity index (χ1) is 14.5. The highest BCUT2D eigenvalue weighted by Crippen LogP contribution is 2.32. The quantitative estimate of drug-likeness (QED) is 0.468. The number of piperazine rings is 1. The highest BCUT2D eigenvalue weighted by Gasteiger charge is 2.25. The van der Waals surface area contributed by atoms with E-state index in [1.165, 1.54) is 17.0 Å². The third-order valence-electron chi connectivity index (χ3n) is 5.73. The van der Waals surface area contributed by atoms with Crippen LogP contribution in [-0.4, -0.2) is 41.6 Å². The van der Waals surface area contributed by atoms with Gasteiger partial charge in [-0.05, 0) is 36.4 Å². The summed E-state index contributed by atoms with van der Waals surface area (Å²) in [6.45, 7) is 2.92. The van der Waals surface area contributed by atoms with Crippen LogP contribution in [0.5, 0.6) is 0 Å². The Balaban J connectivity index is 1.45. The van der Waals surface area contributed by atoms with E-state index in [0.717, 1.165) is 28.7 Å². The molecule has 0 saturated carbocycles. The summed E-state index contributed by atoms with van der Waals surface area (Å²) < 4.78 is 2.44. The van der Waals surface area contributed by atoms with Crippen molar-refractivity contribution in [3.05, 3.63) is 74.9 Å². The largest absolute Gasteiger partial charge is 0.368 e. The summed E-state index contributed by atoms with van der Waals surface area (Å²) >= 11 is 7.52. The number of anilines is 1. The molecule has 0 N–H and O–H groups in total. The molecule has 1 aliphatic heterocycles. The van der Waals surface area contributed by atoms with Gasteiger partial charge < -0.3 is 14.4 Å². The van der Waals surface area contributed by atoms with E-state index in [4.69, 9.17) is 11.6 Å². The molecule has 2 aromatic carbocycles. The number of benzene rings is 2. The minimum absolute atomic E-state index is 0.00641. The summed E-state index contributed by atoms with van der Waals surface area (Å²) in [5, 5.41) is 2.11. The fraction of sp³-hybridized carbons (Fsp3) is 0.217. The Hall–Kier alpha value is -2.83. The van der Waals surface area contributed by atoms with Gasteiger partial charge in [0, 0.05) is 54.0 Å². The van der Waals surface area contributed by atoms with Crippen molar-refractivity contribution in [1.29, 1.82) is 0 Å². The highest BCUT2D eigenvalue weighted by molar-refractivity contribution is 7.21. The van der Waals surface area contributed by atoms with Crippen molar-refractivity contribution in [2.45, 2.75) is 0 Å².